The molecule has 3 fully saturated rings. The van der Waals surface area contributed by atoms with E-state index < -0.39 is 11.5 Å². The summed E-state index contributed by atoms with van der Waals surface area (Å²) in [6, 6.07) is 13.5. The highest BCUT2D eigenvalue weighted by molar-refractivity contribution is 7.99. The van der Waals surface area contributed by atoms with Crippen LogP contribution < -0.4 is 10.2 Å². The third-order valence-corrected chi connectivity index (χ3v) is 8.47. The van der Waals surface area contributed by atoms with E-state index in [1.165, 1.54) is 27.9 Å². The molecule has 7 nitrogen and oxygen atoms in total. The number of rotatable bonds is 5. The number of halogens is 3. The lowest BCUT2D eigenvalue weighted by atomic mass is 9.86. The number of nitrogens with zero attached hydrogens (tertiary/aromatic N) is 5. The minimum atomic E-state index is -2.61. The highest BCUT2D eigenvalue weighted by Gasteiger charge is 2.46. The Balaban J connectivity index is 0.000000176. The van der Waals surface area contributed by atoms with Crippen LogP contribution in [0.1, 0.15) is 38.5 Å². The Morgan fingerprint density at radius 3 is 2.38 bits per heavy atom. The fraction of sp³-hybridized carbons (Fsp3) is 0.448. The first-order valence-corrected chi connectivity index (χ1v) is 14.6. The molecule has 6 rings (SSSR count). The lowest BCUT2D eigenvalue weighted by Crippen LogP contribution is -2.42. The van der Waals surface area contributed by atoms with Gasteiger partial charge in [-0.25, -0.2) is 22.8 Å². The highest BCUT2D eigenvalue weighted by atomic mass is 32.2. The first kappa shape index (κ1) is 28.0. The van der Waals surface area contributed by atoms with Crippen LogP contribution >= 0.6 is 11.8 Å². The number of carbonyl (C=O) groups is 1. The van der Waals surface area contributed by atoms with Crippen molar-refractivity contribution in [2.75, 3.05) is 29.5 Å². The molecular weight excluding hydrogens is 537 g/mol. The number of hydrogen-bond donors (Lipinski definition) is 1. The molecule has 0 spiro atoms. The predicted molar refractivity (Wildman–Crippen MR) is 149 cm³/mol. The molecule has 1 N–H and O–H groups in total. The third kappa shape index (κ3) is 6.78. The van der Waals surface area contributed by atoms with Gasteiger partial charge in [0.05, 0.1) is 12.3 Å². The highest BCUT2D eigenvalue weighted by Crippen LogP contribution is 2.38. The van der Waals surface area contributed by atoms with Crippen LogP contribution in [0.3, 0.4) is 0 Å². The Labute approximate surface area is 235 Å². The number of aromatic nitrogens is 3. The van der Waals surface area contributed by atoms with Gasteiger partial charge in [0.25, 0.3) is 0 Å². The molecule has 2 aromatic heterocycles. The zero-order chi connectivity index (χ0) is 28.2. The van der Waals surface area contributed by atoms with Gasteiger partial charge in [0.15, 0.2) is 11.6 Å². The molecule has 210 valence electrons. The van der Waals surface area contributed by atoms with E-state index in [9.17, 15) is 18.0 Å². The van der Waals surface area contributed by atoms with Gasteiger partial charge >= 0.3 is 0 Å². The normalized spacial score (nSPS) is 19.6. The monoisotopic (exact) mass is 568 g/mol. The van der Waals surface area contributed by atoms with Crippen LogP contribution in [0.2, 0.25) is 0 Å². The Hall–Kier alpha value is -3.52. The van der Waals surface area contributed by atoms with Crippen LogP contribution in [0, 0.1) is 23.1 Å². The molecule has 0 unspecified atom stereocenters. The van der Waals surface area contributed by atoms with Crippen molar-refractivity contribution >= 4 is 23.4 Å². The van der Waals surface area contributed by atoms with E-state index >= 15 is 0 Å². The fourth-order valence-corrected chi connectivity index (χ4v) is 5.75. The summed E-state index contributed by atoms with van der Waals surface area (Å²) in [6.45, 7) is 2.20. The predicted octanol–water partition coefficient (Wildman–Crippen LogP) is 5.61. The van der Waals surface area contributed by atoms with E-state index in [4.69, 9.17) is 5.26 Å². The fourth-order valence-electron chi connectivity index (χ4n) is 4.85. The third-order valence-electron chi connectivity index (χ3n) is 7.53. The van der Waals surface area contributed by atoms with Crippen LogP contribution in [-0.4, -0.2) is 56.7 Å². The molecule has 3 aromatic rings. The number of nitriles is 1. The lowest BCUT2D eigenvalue weighted by Gasteiger charge is -2.28. The van der Waals surface area contributed by atoms with Crippen molar-refractivity contribution in [3.8, 4) is 23.0 Å². The van der Waals surface area contributed by atoms with Crippen molar-refractivity contribution in [2.45, 2.75) is 50.0 Å². The van der Waals surface area contributed by atoms with Gasteiger partial charge < -0.3 is 10.2 Å². The quantitative estimate of drug-likeness (QED) is 0.431. The summed E-state index contributed by atoms with van der Waals surface area (Å²) in [7, 11) is 0. The number of benzene rings is 1. The van der Waals surface area contributed by atoms with Crippen LogP contribution in [0.15, 0.2) is 55.0 Å². The zero-order valence-electron chi connectivity index (χ0n) is 22.0. The average Bonchev–Trinajstić information content (AvgIpc) is 3.57. The van der Waals surface area contributed by atoms with Crippen molar-refractivity contribution < 1.29 is 18.0 Å². The van der Waals surface area contributed by atoms with Crippen molar-refractivity contribution in [2.24, 2.45) is 5.92 Å². The van der Waals surface area contributed by atoms with E-state index in [2.05, 4.69) is 50.6 Å². The number of thioether (sulfide) groups is 1. The molecule has 0 radical (unpaired) electrons. The standard InChI is InChI=1S/C18H17FN4S.C11H14F2N2O/c19-17-2-1-7-20-18(17)23-13-15(12-21-23)14-3-5-16(6-4-14)22-8-10-24-11-9-22;12-11(13)3-1-8(2-4-11)9(16)15-10(7-14)5-6-10/h1-7,12-13H,8-11H2;8H,1-6H2,(H,15,16). The molecule has 1 aliphatic heterocycles. The van der Waals surface area contributed by atoms with Crippen molar-refractivity contribution in [1.82, 2.24) is 20.1 Å². The first-order valence-electron chi connectivity index (χ1n) is 13.5. The molecule has 1 saturated heterocycles. The molecule has 40 heavy (non-hydrogen) atoms. The average molecular weight is 569 g/mol. The first-order chi connectivity index (χ1) is 19.3. The molecule has 1 amide bonds. The second kappa shape index (κ2) is 11.9. The summed E-state index contributed by atoms with van der Waals surface area (Å²) in [5.74, 6) is -0.978. The summed E-state index contributed by atoms with van der Waals surface area (Å²) in [5.41, 5.74) is 2.58. The molecule has 0 atom stereocenters. The molecule has 11 heteroatoms. The number of anilines is 1. The number of amides is 1. The van der Waals surface area contributed by atoms with E-state index in [1.807, 2.05) is 11.8 Å². The number of hydrogen-bond acceptors (Lipinski definition) is 6. The topological polar surface area (TPSA) is 86.8 Å². The molecule has 3 aliphatic rings. The maximum atomic E-state index is 13.8. The Morgan fingerprint density at radius 1 is 1.05 bits per heavy atom. The summed E-state index contributed by atoms with van der Waals surface area (Å²) in [4.78, 5) is 18.2. The van der Waals surface area contributed by atoms with Gasteiger partial charge in [-0.15, -0.1) is 0 Å². The minimum absolute atomic E-state index is 0.214. The number of pyridine rings is 1. The summed E-state index contributed by atoms with van der Waals surface area (Å²) in [6.07, 6.45) is 6.47. The maximum absolute atomic E-state index is 13.8. The van der Waals surface area contributed by atoms with Gasteiger partial charge in [-0.1, -0.05) is 12.1 Å². The van der Waals surface area contributed by atoms with Crippen molar-refractivity contribution in [3.63, 3.8) is 0 Å². The van der Waals surface area contributed by atoms with E-state index in [-0.39, 0.29) is 49.1 Å². The van der Waals surface area contributed by atoms with Crippen molar-refractivity contribution in [1.29, 1.82) is 5.26 Å². The molecule has 0 bridgehead atoms. The van der Waals surface area contributed by atoms with Gasteiger partial charge in [0, 0.05) is 67.0 Å². The second-order valence-corrected chi connectivity index (χ2v) is 11.7. The summed E-state index contributed by atoms with van der Waals surface area (Å²) < 4.78 is 41.0. The van der Waals surface area contributed by atoms with Gasteiger partial charge in [-0.2, -0.15) is 22.1 Å². The van der Waals surface area contributed by atoms with Gasteiger partial charge in [0.1, 0.15) is 5.54 Å². The molecule has 2 aliphatic carbocycles. The van der Waals surface area contributed by atoms with Crippen LogP contribution in [0.25, 0.3) is 16.9 Å². The maximum Gasteiger partial charge on any atom is 0.248 e. The van der Waals surface area contributed by atoms with Crippen molar-refractivity contribution in [3.05, 3.63) is 60.8 Å². The summed E-state index contributed by atoms with van der Waals surface area (Å²) in [5, 5.41) is 15.7. The van der Waals surface area contributed by atoms with Crippen LogP contribution in [0.4, 0.5) is 18.9 Å². The molecule has 2 saturated carbocycles. The molecular formula is C29H31F3N6OS. The SMILES string of the molecule is Fc1cccnc1-n1cc(-c2ccc(N3CCSCC3)cc2)cn1.N#CC1(NC(=O)C2CCC(F)(F)CC2)CC1. The number of carbonyl (C=O) groups excluding carboxylic acids is 1. The van der Waals surface area contributed by atoms with E-state index in [0.717, 1.165) is 24.2 Å². The largest absolute Gasteiger partial charge is 0.370 e. The summed E-state index contributed by atoms with van der Waals surface area (Å²) >= 11 is 2.01. The van der Waals surface area contributed by atoms with Gasteiger partial charge in [-0.05, 0) is 55.5 Å². The lowest BCUT2D eigenvalue weighted by molar-refractivity contribution is -0.129. The molecule has 1 aromatic carbocycles. The van der Waals surface area contributed by atoms with Crippen LogP contribution in [-0.2, 0) is 4.79 Å². The van der Waals surface area contributed by atoms with Gasteiger partial charge in [0.2, 0.25) is 11.8 Å². The molecule has 3 heterocycles. The van der Waals surface area contributed by atoms with E-state index in [1.54, 1.807) is 24.7 Å². The van der Waals surface area contributed by atoms with Gasteiger partial charge in [-0.3, -0.25) is 4.79 Å². The Bertz CT molecular complexity index is 1350. The second-order valence-electron chi connectivity index (χ2n) is 10.4. The Kier molecular flexibility index (Phi) is 8.35. The number of alkyl halides is 2. The zero-order valence-corrected chi connectivity index (χ0v) is 22.8. The Morgan fingerprint density at radius 2 is 1.75 bits per heavy atom. The minimum Gasteiger partial charge on any atom is -0.370 e. The van der Waals surface area contributed by atoms with E-state index in [0.29, 0.717) is 12.8 Å². The smallest absolute Gasteiger partial charge is 0.248 e. The number of nitrogens with one attached hydrogen (secondary N) is 1. The van der Waals surface area contributed by atoms with Crippen LogP contribution in [0.5, 0.6) is 0 Å².